The molecule has 1 nitrogen and oxygen atoms in total. The fourth-order valence-electron chi connectivity index (χ4n) is 1.32. The zero-order valence-corrected chi connectivity index (χ0v) is 6.40. The summed E-state index contributed by atoms with van der Waals surface area (Å²) in [5.41, 5.74) is 1.44. The maximum absolute atomic E-state index is 5.50. The van der Waals surface area contributed by atoms with Crippen LogP contribution in [0.15, 0.2) is 11.3 Å². The molecule has 1 unspecified atom stereocenters. The van der Waals surface area contributed by atoms with Crippen molar-refractivity contribution in [3.8, 4) is 0 Å². The highest BCUT2D eigenvalue weighted by atomic mass is 16.5. The van der Waals surface area contributed by atoms with Crippen molar-refractivity contribution in [2.45, 2.75) is 39.7 Å². The van der Waals surface area contributed by atoms with E-state index in [0.717, 1.165) is 12.8 Å². The van der Waals surface area contributed by atoms with Crippen LogP contribution in [0.2, 0.25) is 0 Å². The number of ether oxygens (including phenoxy) is 1. The third-order valence-electron chi connectivity index (χ3n) is 1.73. The maximum Gasteiger partial charge on any atom is 0.0992 e. The summed E-state index contributed by atoms with van der Waals surface area (Å²) in [7, 11) is 0. The molecular formula is C8H14O. The predicted octanol–water partition coefficient (Wildman–Crippen LogP) is 2.48. The molecule has 1 rings (SSSR count). The Labute approximate surface area is 56.7 Å². The van der Waals surface area contributed by atoms with Gasteiger partial charge in [0.05, 0.1) is 11.9 Å². The van der Waals surface area contributed by atoms with Gasteiger partial charge in [-0.2, -0.15) is 0 Å². The molecule has 0 N–H and O–H groups in total. The van der Waals surface area contributed by atoms with Crippen LogP contribution < -0.4 is 0 Å². The highest BCUT2D eigenvalue weighted by Gasteiger charge is 2.16. The molecule has 0 aromatic carbocycles. The second-order valence-electron chi connectivity index (χ2n) is 2.69. The molecule has 1 heteroatoms. The lowest BCUT2D eigenvalue weighted by molar-refractivity contribution is 0.154. The quantitative estimate of drug-likeness (QED) is 0.524. The van der Waals surface area contributed by atoms with E-state index in [0.29, 0.717) is 6.10 Å². The third kappa shape index (κ3) is 1.26. The minimum atomic E-state index is 0.431. The van der Waals surface area contributed by atoms with Crippen LogP contribution in [0.5, 0.6) is 0 Å². The van der Waals surface area contributed by atoms with E-state index in [1.807, 2.05) is 0 Å². The molecule has 0 spiro atoms. The summed E-state index contributed by atoms with van der Waals surface area (Å²) in [6, 6.07) is 0. The Morgan fingerprint density at radius 2 is 2.33 bits per heavy atom. The molecule has 0 aromatic heterocycles. The molecule has 9 heavy (non-hydrogen) atoms. The van der Waals surface area contributed by atoms with Gasteiger partial charge in [-0.15, -0.1) is 0 Å². The summed E-state index contributed by atoms with van der Waals surface area (Å²) < 4.78 is 5.50. The summed E-state index contributed by atoms with van der Waals surface area (Å²) in [4.78, 5) is 0. The Kier molecular flexibility index (Phi) is 1.79. The van der Waals surface area contributed by atoms with E-state index in [2.05, 4.69) is 20.8 Å². The Morgan fingerprint density at radius 3 is 2.56 bits per heavy atom. The molecule has 0 aromatic rings. The van der Waals surface area contributed by atoms with Gasteiger partial charge in [-0.3, -0.25) is 0 Å². The number of hydrogen-bond acceptors (Lipinski definition) is 1. The van der Waals surface area contributed by atoms with Crippen LogP contribution in [0.3, 0.4) is 0 Å². The maximum atomic E-state index is 5.50. The molecular weight excluding hydrogens is 112 g/mol. The first-order valence-electron chi connectivity index (χ1n) is 3.59. The van der Waals surface area contributed by atoms with Crippen molar-refractivity contribution in [1.82, 2.24) is 0 Å². The van der Waals surface area contributed by atoms with Gasteiger partial charge in [0.1, 0.15) is 0 Å². The van der Waals surface area contributed by atoms with Crippen molar-refractivity contribution in [3.63, 3.8) is 0 Å². The van der Waals surface area contributed by atoms with Crippen molar-refractivity contribution in [3.05, 3.63) is 11.3 Å². The second kappa shape index (κ2) is 2.42. The Hall–Kier alpha value is -0.460. The van der Waals surface area contributed by atoms with E-state index < -0.39 is 0 Å². The fraction of sp³-hybridized carbons (Fsp3) is 0.750. The molecule has 0 bridgehead atoms. The van der Waals surface area contributed by atoms with Gasteiger partial charge in [0.15, 0.2) is 0 Å². The lowest BCUT2D eigenvalue weighted by Crippen LogP contribution is -1.97. The summed E-state index contributed by atoms with van der Waals surface area (Å²) in [6.45, 7) is 6.41. The lowest BCUT2D eigenvalue weighted by Gasteiger charge is -2.04. The molecule has 1 heterocycles. The number of rotatable bonds is 1. The van der Waals surface area contributed by atoms with Crippen molar-refractivity contribution in [2.75, 3.05) is 0 Å². The van der Waals surface area contributed by atoms with E-state index in [4.69, 9.17) is 4.74 Å². The zero-order valence-electron chi connectivity index (χ0n) is 6.40. The van der Waals surface area contributed by atoms with Gasteiger partial charge in [0, 0.05) is 12.8 Å². The van der Waals surface area contributed by atoms with Gasteiger partial charge < -0.3 is 4.74 Å². The average molecular weight is 126 g/mol. The van der Waals surface area contributed by atoms with Gasteiger partial charge in [0.25, 0.3) is 0 Å². The van der Waals surface area contributed by atoms with Gasteiger partial charge in [0.2, 0.25) is 0 Å². The molecule has 0 saturated heterocycles. The van der Waals surface area contributed by atoms with Crippen LogP contribution in [0.1, 0.15) is 33.6 Å². The monoisotopic (exact) mass is 126 g/mol. The molecule has 52 valence electrons. The zero-order chi connectivity index (χ0) is 6.85. The summed E-state index contributed by atoms with van der Waals surface area (Å²) in [5, 5.41) is 0. The number of allylic oxidation sites excluding steroid dienone is 1. The second-order valence-corrected chi connectivity index (χ2v) is 2.69. The van der Waals surface area contributed by atoms with E-state index in [-0.39, 0.29) is 0 Å². The smallest absolute Gasteiger partial charge is 0.0992 e. The van der Waals surface area contributed by atoms with Crippen molar-refractivity contribution in [1.29, 1.82) is 0 Å². The molecule has 1 aliphatic heterocycles. The highest BCUT2D eigenvalue weighted by Crippen LogP contribution is 2.25. The highest BCUT2D eigenvalue weighted by molar-refractivity contribution is 5.11. The third-order valence-corrected chi connectivity index (χ3v) is 1.73. The van der Waals surface area contributed by atoms with Crippen molar-refractivity contribution in [2.24, 2.45) is 0 Å². The topological polar surface area (TPSA) is 9.23 Å². The first-order valence-corrected chi connectivity index (χ1v) is 3.59. The van der Waals surface area contributed by atoms with Gasteiger partial charge in [-0.05, 0) is 19.4 Å². The van der Waals surface area contributed by atoms with Crippen LogP contribution >= 0.6 is 0 Å². The van der Waals surface area contributed by atoms with Gasteiger partial charge in [-0.1, -0.05) is 6.92 Å². The van der Waals surface area contributed by atoms with Crippen LogP contribution in [0.4, 0.5) is 0 Å². The molecule has 0 amide bonds. The van der Waals surface area contributed by atoms with E-state index in [1.165, 1.54) is 11.3 Å². The Morgan fingerprint density at radius 1 is 1.67 bits per heavy atom. The number of hydrogen-bond donors (Lipinski definition) is 0. The first-order chi connectivity index (χ1) is 4.24. The van der Waals surface area contributed by atoms with Crippen LogP contribution in [-0.2, 0) is 4.74 Å². The minimum absolute atomic E-state index is 0.431. The van der Waals surface area contributed by atoms with E-state index in [9.17, 15) is 0 Å². The molecule has 0 fully saturated rings. The standard InChI is InChI=1S/C8H14O/c1-4-8-6(2)5-7(3)9-8/h7H,4-5H2,1-3H3. The summed E-state index contributed by atoms with van der Waals surface area (Å²) in [6.07, 6.45) is 2.61. The molecule has 0 saturated carbocycles. The van der Waals surface area contributed by atoms with Crippen LogP contribution in [-0.4, -0.2) is 6.10 Å². The average Bonchev–Trinajstić information content (AvgIpc) is 2.10. The van der Waals surface area contributed by atoms with Crippen LogP contribution in [0, 0.1) is 0 Å². The molecule has 1 aliphatic rings. The molecule has 0 aliphatic carbocycles. The SMILES string of the molecule is CCC1=C(C)CC(C)O1. The van der Waals surface area contributed by atoms with Crippen LogP contribution in [0.25, 0.3) is 0 Å². The molecule has 0 radical (unpaired) electrons. The van der Waals surface area contributed by atoms with Crippen molar-refractivity contribution >= 4 is 0 Å². The lowest BCUT2D eigenvalue weighted by atomic mass is 10.1. The fourth-order valence-corrected chi connectivity index (χ4v) is 1.32. The largest absolute Gasteiger partial charge is 0.495 e. The van der Waals surface area contributed by atoms with E-state index in [1.54, 1.807) is 0 Å². The van der Waals surface area contributed by atoms with Gasteiger partial charge in [-0.25, -0.2) is 0 Å². The van der Waals surface area contributed by atoms with E-state index >= 15 is 0 Å². The Bertz CT molecular complexity index is 136. The van der Waals surface area contributed by atoms with Crippen molar-refractivity contribution < 1.29 is 4.74 Å². The summed E-state index contributed by atoms with van der Waals surface area (Å²) in [5.74, 6) is 1.21. The first kappa shape index (κ1) is 6.66. The summed E-state index contributed by atoms with van der Waals surface area (Å²) >= 11 is 0. The minimum Gasteiger partial charge on any atom is -0.495 e. The Balaban J connectivity index is 2.58. The molecule has 1 atom stereocenters. The normalized spacial score (nSPS) is 26.8. The predicted molar refractivity (Wildman–Crippen MR) is 38.2 cm³/mol. The van der Waals surface area contributed by atoms with Gasteiger partial charge >= 0.3 is 0 Å².